The Morgan fingerprint density at radius 3 is 2.95 bits per heavy atom. The van der Waals surface area contributed by atoms with Crippen LogP contribution < -0.4 is 5.56 Å². The number of nitrogens with one attached hydrogen (secondary N) is 1. The van der Waals surface area contributed by atoms with E-state index in [0.717, 1.165) is 42.5 Å². The lowest BCUT2D eigenvalue weighted by Crippen LogP contribution is -2.32. The maximum Gasteiger partial charge on any atom is 0.263 e. The third-order valence-electron chi connectivity index (χ3n) is 4.95. The van der Waals surface area contributed by atoms with E-state index >= 15 is 0 Å². The van der Waals surface area contributed by atoms with Gasteiger partial charge in [-0.3, -0.25) is 9.36 Å². The van der Waals surface area contributed by atoms with Crippen LogP contribution in [0.25, 0.3) is 10.2 Å². The number of rotatable bonds is 2. The molecule has 2 atom stereocenters. The number of nitrogens with zero attached hydrogens (tertiary/aromatic N) is 1. The first-order valence-electron chi connectivity index (χ1n) is 8.07. The van der Waals surface area contributed by atoms with Gasteiger partial charge in [-0.2, -0.15) is 0 Å². The third kappa shape index (κ3) is 2.20. The van der Waals surface area contributed by atoms with E-state index in [2.05, 4.69) is 4.98 Å². The fourth-order valence-corrected chi connectivity index (χ4v) is 5.47. The average molecular weight is 336 g/mol. The highest BCUT2D eigenvalue weighted by Crippen LogP contribution is 2.34. The molecule has 0 radical (unpaired) electrons. The van der Waals surface area contributed by atoms with E-state index in [1.54, 1.807) is 15.9 Å². The highest BCUT2D eigenvalue weighted by atomic mass is 32.1. The molecule has 0 spiro atoms. The van der Waals surface area contributed by atoms with Gasteiger partial charge in [0.2, 0.25) is 0 Å². The van der Waals surface area contributed by atoms with E-state index in [4.69, 9.17) is 17.0 Å². The van der Waals surface area contributed by atoms with Crippen molar-refractivity contribution in [1.29, 1.82) is 0 Å². The Bertz CT molecular complexity index is 827. The van der Waals surface area contributed by atoms with E-state index in [1.165, 1.54) is 23.3 Å². The SMILES string of the molecule is C[C@H]([C@@H]1CCCO1)n1c(=S)[nH]c2sc3c(c2c1=O)CCCC3. The van der Waals surface area contributed by atoms with Crippen molar-refractivity contribution in [3.05, 3.63) is 25.6 Å². The molecule has 1 fully saturated rings. The molecule has 118 valence electrons. The standard InChI is InChI=1S/C16H20N2O2S2/c1-9(11-6-4-8-20-11)18-15(19)13-10-5-2-3-7-12(10)22-14(13)17-16(18)21/h9,11H,2-8H2,1H3,(H,17,21)/t9-,11+/m1/s1. The Morgan fingerprint density at radius 1 is 1.36 bits per heavy atom. The van der Waals surface area contributed by atoms with Gasteiger partial charge in [0.15, 0.2) is 4.77 Å². The molecule has 4 nitrogen and oxygen atoms in total. The van der Waals surface area contributed by atoms with Gasteiger partial charge in [-0.25, -0.2) is 0 Å². The molecule has 0 saturated carbocycles. The van der Waals surface area contributed by atoms with Crippen molar-refractivity contribution in [2.75, 3.05) is 6.61 Å². The van der Waals surface area contributed by atoms with Crippen LogP contribution in [0.5, 0.6) is 0 Å². The zero-order chi connectivity index (χ0) is 15.3. The lowest BCUT2D eigenvalue weighted by molar-refractivity contribution is 0.0715. The zero-order valence-electron chi connectivity index (χ0n) is 12.7. The number of aryl methyl sites for hydroxylation is 2. The molecule has 1 N–H and O–H groups in total. The highest BCUT2D eigenvalue weighted by molar-refractivity contribution is 7.71. The smallest absolute Gasteiger partial charge is 0.263 e. The highest BCUT2D eigenvalue weighted by Gasteiger charge is 2.27. The minimum atomic E-state index is -0.0118. The summed E-state index contributed by atoms with van der Waals surface area (Å²) in [7, 11) is 0. The van der Waals surface area contributed by atoms with Gasteiger partial charge >= 0.3 is 0 Å². The summed E-state index contributed by atoms with van der Waals surface area (Å²) in [4.78, 5) is 18.7. The molecule has 0 amide bonds. The Labute approximate surface area is 138 Å². The third-order valence-corrected chi connectivity index (χ3v) is 6.46. The molecule has 22 heavy (non-hydrogen) atoms. The normalized spacial score (nSPS) is 22.9. The molecular formula is C16H20N2O2S2. The summed E-state index contributed by atoms with van der Waals surface area (Å²) in [6.45, 7) is 2.84. The number of hydrogen-bond acceptors (Lipinski definition) is 4. The second kappa shape index (κ2) is 5.58. The summed E-state index contributed by atoms with van der Waals surface area (Å²) in [5.74, 6) is 0. The van der Waals surface area contributed by atoms with E-state index in [0.29, 0.717) is 4.77 Å². The average Bonchev–Trinajstić information content (AvgIpc) is 3.14. The first-order valence-corrected chi connectivity index (χ1v) is 9.30. The predicted octanol–water partition coefficient (Wildman–Crippen LogP) is 3.74. The van der Waals surface area contributed by atoms with Crippen molar-refractivity contribution in [1.82, 2.24) is 9.55 Å². The van der Waals surface area contributed by atoms with Gasteiger partial charge in [0.1, 0.15) is 4.83 Å². The first kappa shape index (κ1) is 14.6. The Kier molecular flexibility index (Phi) is 3.71. The predicted molar refractivity (Wildman–Crippen MR) is 91.6 cm³/mol. The van der Waals surface area contributed by atoms with E-state index in [1.807, 2.05) is 6.92 Å². The Hall–Kier alpha value is -0.980. The molecule has 6 heteroatoms. The molecule has 0 unspecified atom stereocenters. The Morgan fingerprint density at radius 2 is 2.18 bits per heavy atom. The second-order valence-corrected chi connectivity index (χ2v) is 7.80. The van der Waals surface area contributed by atoms with Gasteiger partial charge < -0.3 is 9.72 Å². The summed E-state index contributed by atoms with van der Waals surface area (Å²) in [6, 6.07) is -0.0118. The van der Waals surface area contributed by atoms with E-state index in [9.17, 15) is 4.79 Å². The van der Waals surface area contributed by atoms with Crippen LogP contribution in [0.1, 0.15) is 49.1 Å². The number of hydrogen-bond donors (Lipinski definition) is 1. The van der Waals surface area contributed by atoms with E-state index in [-0.39, 0.29) is 17.7 Å². The molecule has 2 aromatic heterocycles. The molecule has 2 aromatic rings. The van der Waals surface area contributed by atoms with Gasteiger partial charge in [-0.05, 0) is 63.2 Å². The van der Waals surface area contributed by atoms with Crippen LogP contribution in [0.3, 0.4) is 0 Å². The summed E-state index contributed by atoms with van der Waals surface area (Å²) in [6.07, 6.45) is 6.67. The summed E-state index contributed by atoms with van der Waals surface area (Å²) in [5.41, 5.74) is 1.33. The molecule has 1 aliphatic heterocycles. The number of aromatic nitrogens is 2. The number of thiophene rings is 1. The minimum absolute atomic E-state index is 0.0118. The van der Waals surface area contributed by atoms with Crippen LogP contribution in [-0.2, 0) is 17.6 Å². The monoisotopic (exact) mass is 336 g/mol. The van der Waals surface area contributed by atoms with Crippen molar-refractivity contribution in [3.63, 3.8) is 0 Å². The van der Waals surface area contributed by atoms with Crippen molar-refractivity contribution in [2.24, 2.45) is 0 Å². The molecule has 0 bridgehead atoms. The van der Waals surface area contributed by atoms with Gasteiger partial charge in [0.05, 0.1) is 17.5 Å². The molecule has 1 saturated heterocycles. The van der Waals surface area contributed by atoms with Crippen LogP contribution in [0.4, 0.5) is 0 Å². The van der Waals surface area contributed by atoms with Crippen molar-refractivity contribution < 1.29 is 4.74 Å². The number of ether oxygens (including phenoxy) is 1. The maximum absolute atomic E-state index is 13.1. The fourth-order valence-electron chi connectivity index (χ4n) is 3.77. The number of H-pyrrole nitrogens is 1. The lowest BCUT2D eigenvalue weighted by atomic mass is 9.97. The van der Waals surface area contributed by atoms with Crippen molar-refractivity contribution in [2.45, 2.75) is 57.6 Å². The van der Waals surface area contributed by atoms with E-state index < -0.39 is 0 Å². The molecule has 1 aliphatic carbocycles. The summed E-state index contributed by atoms with van der Waals surface area (Å²) < 4.78 is 8.04. The van der Waals surface area contributed by atoms with Crippen LogP contribution >= 0.6 is 23.6 Å². The van der Waals surface area contributed by atoms with Crippen LogP contribution in [0, 0.1) is 4.77 Å². The second-order valence-electron chi connectivity index (χ2n) is 6.31. The number of aromatic amines is 1. The van der Waals surface area contributed by atoms with Gasteiger partial charge in [-0.1, -0.05) is 0 Å². The summed E-state index contributed by atoms with van der Waals surface area (Å²) in [5, 5.41) is 0.873. The van der Waals surface area contributed by atoms with Crippen molar-refractivity contribution in [3.8, 4) is 0 Å². The van der Waals surface area contributed by atoms with Crippen LogP contribution in [0.15, 0.2) is 4.79 Å². The van der Waals surface area contributed by atoms with Crippen LogP contribution in [0.2, 0.25) is 0 Å². The van der Waals surface area contributed by atoms with Crippen molar-refractivity contribution >= 4 is 33.8 Å². The maximum atomic E-state index is 13.1. The number of fused-ring (bicyclic) bond motifs is 3. The van der Waals surface area contributed by atoms with Gasteiger partial charge in [-0.15, -0.1) is 11.3 Å². The zero-order valence-corrected chi connectivity index (χ0v) is 14.3. The largest absolute Gasteiger partial charge is 0.376 e. The quantitative estimate of drug-likeness (QED) is 0.850. The molecule has 2 aliphatic rings. The lowest BCUT2D eigenvalue weighted by Gasteiger charge is -2.21. The topological polar surface area (TPSA) is 47.0 Å². The van der Waals surface area contributed by atoms with Crippen LogP contribution in [-0.4, -0.2) is 22.3 Å². The fraction of sp³-hybridized carbons (Fsp3) is 0.625. The van der Waals surface area contributed by atoms with Gasteiger partial charge in [0, 0.05) is 11.5 Å². The minimum Gasteiger partial charge on any atom is -0.376 e. The molecule has 4 rings (SSSR count). The first-order chi connectivity index (χ1) is 10.7. The molecular weight excluding hydrogens is 316 g/mol. The Balaban J connectivity index is 1.91. The summed E-state index contributed by atoms with van der Waals surface area (Å²) >= 11 is 7.19. The molecule has 3 heterocycles. The van der Waals surface area contributed by atoms with Gasteiger partial charge in [0.25, 0.3) is 5.56 Å². The molecule has 0 aromatic carbocycles.